The Morgan fingerprint density at radius 1 is 1.14 bits per heavy atom. The summed E-state index contributed by atoms with van der Waals surface area (Å²) in [5, 5.41) is 5.05. The monoisotopic (exact) mass is 433 g/mol. The molecule has 2 amide bonds. The number of thiophene rings is 1. The molecule has 4 rings (SSSR count). The number of benzene rings is 1. The molecule has 2 aliphatic rings. The predicted molar refractivity (Wildman–Crippen MR) is 113 cm³/mol. The molecule has 1 aromatic carbocycles. The highest BCUT2D eigenvalue weighted by atomic mass is 32.2. The zero-order valence-corrected chi connectivity index (χ0v) is 17.5. The average molecular weight is 434 g/mol. The highest BCUT2D eigenvalue weighted by Gasteiger charge is 2.36. The third-order valence-electron chi connectivity index (χ3n) is 5.35. The van der Waals surface area contributed by atoms with Gasteiger partial charge in [-0.15, -0.1) is 11.3 Å². The highest BCUT2D eigenvalue weighted by molar-refractivity contribution is 7.94. The van der Waals surface area contributed by atoms with Crippen molar-refractivity contribution in [3.8, 4) is 0 Å². The maximum atomic E-state index is 12.6. The van der Waals surface area contributed by atoms with Crippen LogP contribution in [0.4, 0.5) is 5.69 Å². The maximum absolute atomic E-state index is 12.6. The molecule has 0 aliphatic carbocycles. The van der Waals surface area contributed by atoms with E-state index in [9.17, 15) is 18.0 Å². The van der Waals surface area contributed by atoms with Gasteiger partial charge >= 0.3 is 0 Å². The molecule has 0 radical (unpaired) electrons. The number of carbonyl (C=O) groups is 2. The molecule has 0 spiro atoms. The average Bonchev–Trinajstić information content (AvgIpc) is 3.45. The van der Waals surface area contributed by atoms with E-state index < -0.39 is 15.9 Å². The molecule has 3 heterocycles. The summed E-state index contributed by atoms with van der Waals surface area (Å²) in [6, 6.07) is 10.4. The fourth-order valence-corrected chi connectivity index (χ4v) is 6.17. The van der Waals surface area contributed by atoms with Crippen LogP contribution in [0.1, 0.15) is 40.5 Å². The number of likely N-dealkylation sites (tertiary alicyclic amines) is 1. The number of sulfonamides is 1. The lowest BCUT2D eigenvalue weighted by Crippen LogP contribution is -2.36. The van der Waals surface area contributed by atoms with Crippen LogP contribution in [0.5, 0.6) is 0 Å². The first-order valence-corrected chi connectivity index (χ1v) is 12.2. The number of carbonyl (C=O) groups excluding carboxylic acids is 2. The largest absolute Gasteiger partial charge is 0.350 e. The quantitative estimate of drug-likeness (QED) is 0.756. The summed E-state index contributed by atoms with van der Waals surface area (Å²) >= 11 is 1.69. The third kappa shape index (κ3) is 4.22. The molecule has 2 fully saturated rings. The van der Waals surface area contributed by atoms with Crippen molar-refractivity contribution >= 4 is 38.9 Å². The van der Waals surface area contributed by atoms with Gasteiger partial charge in [-0.2, -0.15) is 0 Å². The molecular weight excluding hydrogens is 410 g/mol. The van der Waals surface area contributed by atoms with E-state index >= 15 is 0 Å². The Hall–Kier alpha value is -2.23. The highest BCUT2D eigenvalue weighted by Crippen LogP contribution is 2.28. The van der Waals surface area contributed by atoms with Gasteiger partial charge in [-0.1, -0.05) is 6.07 Å². The fraction of sp³-hybridized carbons (Fsp3) is 0.400. The Bertz CT molecular complexity index is 981. The standard InChI is InChI=1S/C20H23N3O4S2/c24-19-9-13-29(26,27)23(19)16-7-5-15(6-8-16)20(25)21-14-17(18-4-3-12-28-18)22-10-1-2-11-22/h3-8,12,17H,1-2,9-11,13-14H2,(H,21,25). The van der Waals surface area contributed by atoms with E-state index in [0.29, 0.717) is 12.1 Å². The molecule has 1 N–H and O–H groups in total. The van der Waals surface area contributed by atoms with Gasteiger partial charge in [0.15, 0.2) is 0 Å². The number of nitrogens with zero attached hydrogens (tertiary/aromatic N) is 2. The minimum atomic E-state index is -3.60. The first-order valence-electron chi connectivity index (χ1n) is 9.67. The van der Waals surface area contributed by atoms with Gasteiger partial charge in [-0.05, 0) is 61.6 Å². The van der Waals surface area contributed by atoms with Crippen LogP contribution in [0.15, 0.2) is 41.8 Å². The van der Waals surface area contributed by atoms with Crippen molar-refractivity contribution < 1.29 is 18.0 Å². The van der Waals surface area contributed by atoms with Crippen LogP contribution in [0.2, 0.25) is 0 Å². The molecular formula is C20H23N3O4S2. The van der Waals surface area contributed by atoms with E-state index in [1.807, 2.05) is 11.4 Å². The normalized spacial score (nSPS) is 20.1. The van der Waals surface area contributed by atoms with Crippen LogP contribution >= 0.6 is 11.3 Å². The fourth-order valence-electron chi connectivity index (χ4n) is 3.85. The lowest BCUT2D eigenvalue weighted by atomic mass is 10.1. The van der Waals surface area contributed by atoms with Gasteiger partial charge in [-0.25, -0.2) is 12.7 Å². The molecule has 2 saturated heterocycles. The summed E-state index contributed by atoms with van der Waals surface area (Å²) in [4.78, 5) is 28.2. The molecule has 1 aromatic heterocycles. The van der Waals surface area contributed by atoms with E-state index in [1.165, 1.54) is 29.9 Å². The minimum absolute atomic E-state index is 0.00875. The summed E-state index contributed by atoms with van der Waals surface area (Å²) in [5.74, 6) is -0.825. The third-order valence-corrected chi connectivity index (χ3v) is 8.02. The number of hydrogen-bond donors (Lipinski definition) is 1. The number of hydrogen-bond acceptors (Lipinski definition) is 6. The van der Waals surface area contributed by atoms with E-state index in [1.54, 1.807) is 23.5 Å². The Kier molecular flexibility index (Phi) is 5.71. The van der Waals surface area contributed by atoms with Crippen LogP contribution in [0.25, 0.3) is 0 Å². The molecule has 0 bridgehead atoms. The molecule has 1 atom stereocenters. The minimum Gasteiger partial charge on any atom is -0.350 e. The summed E-state index contributed by atoms with van der Waals surface area (Å²) in [7, 11) is -3.60. The second-order valence-electron chi connectivity index (χ2n) is 7.26. The Labute approximate surface area is 174 Å². The zero-order chi connectivity index (χ0) is 20.4. The number of rotatable bonds is 6. The lowest BCUT2D eigenvalue weighted by Gasteiger charge is -2.27. The smallest absolute Gasteiger partial charge is 0.251 e. The van der Waals surface area contributed by atoms with Crippen molar-refractivity contribution in [1.29, 1.82) is 0 Å². The van der Waals surface area contributed by atoms with Gasteiger partial charge in [0, 0.05) is 23.4 Å². The van der Waals surface area contributed by atoms with E-state index in [-0.39, 0.29) is 29.8 Å². The molecule has 1 unspecified atom stereocenters. The van der Waals surface area contributed by atoms with Crippen molar-refractivity contribution in [3.63, 3.8) is 0 Å². The first-order chi connectivity index (χ1) is 14.0. The Morgan fingerprint density at radius 2 is 1.86 bits per heavy atom. The van der Waals surface area contributed by atoms with E-state index in [2.05, 4.69) is 16.3 Å². The van der Waals surface area contributed by atoms with Crippen molar-refractivity contribution in [2.45, 2.75) is 25.3 Å². The van der Waals surface area contributed by atoms with Gasteiger partial charge in [0.25, 0.3) is 5.91 Å². The topological polar surface area (TPSA) is 86.8 Å². The molecule has 2 aliphatic heterocycles. The van der Waals surface area contributed by atoms with Crippen molar-refractivity contribution in [2.24, 2.45) is 0 Å². The Balaban J connectivity index is 1.43. The van der Waals surface area contributed by atoms with Crippen molar-refractivity contribution in [2.75, 3.05) is 29.7 Å². The molecule has 0 saturated carbocycles. The van der Waals surface area contributed by atoms with Crippen LogP contribution in [0.3, 0.4) is 0 Å². The van der Waals surface area contributed by atoms with Crippen LogP contribution < -0.4 is 9.62 Å². The van der Waals surface area contributed by atoms with Gasteiger partial charge in [0.1, 0.15) is 0 Å². The van der Waals surface area contributed by atoms with Crippen molar-refractivity contribution in [3.05, 3.63) is 52.2 Å². The second-order valence-corrected chi connectivity index (χ2v) is 10.2. The van der Waals surface area contributed by atoms with Gasteiger partial charge in [-0.3, -0.25) is 14.5 Å². The molecule has 7 nitrogen and oxygen atoms in total. The van der Waals surface area contributed by atoms with Crippen molar-refractivity contribution in [1.82, 2.24) is 10.2 Å². The lowest BCUT2D eigenvalue weighted by molar-refractivity contribution is -0.116. The molecule has 2 aromatic rings. The van der Waals surface area contributed by atoms with Gasteiger partial charge in [0.05, 0.1) is 17.5 Å². The van der Waals surface area contributed by atoms with Crippen LogP contribution in [-0.2, 0) is 14.8 Å². The van der Waals surface area contributed by atoms with Crippen LogP contribution in [0, 0.1) is 0 Å². The molecule has 9 heteroatoms. The maximum Gasteiger partial charge on any atom is 0.251 e. The van der Waals surface area contributed by atoms with Gasteiger partial charge in [0.2, 0.25) is 15.9 Å². The van der Waals surface area contributed by atoms with E-state index in [4.69, 9.17) is 0 Å². The Morgan fingerprint density at radius 3 is 2.45 bits per heavy atom. The first kappa shape index (κ1) is 20.1. The number of anilines is 1. The van der Waals surface area contributed by atoms with Gasteiger partial charge < -0.3 is 5.32 Å². The predicted octanol–water partition coefficient (Wildman–Crippen LogP) is 2.38. The van der Waals surface area contributed by atoms with Crippen LogP contribution in [-0.4, -0.2) is 50.5 Å². The molecule has 29 heavy (non-hydrogen) atoms. The summed E-state index contributed by atoms with van der Waals surface area (Å²) in [6.07, 6.45) is 2.34. The SMILES string of the molecule is O=C(NCC(c1cccs1)N1CCCC1)c1ccc(N2C(=O)CCS2(=O)=O)cc1. The number of nitrogens with one attached hydrogen (secondary N) is 1. The summed E-state index contributed by atoms with van der Waals surface area (Å²) < 4.78 is 24.9. The second kappa shape index (κ2) is 8.25. The summed E-state index contributed by atoms with van der Waals surface area (Å²) in [6.45, 7) is 2.58. The molecule has 154 valence electrons. The number of amides is 2. The zero-order valence-electron chi connectivity index (χ0n) is 15.9. The summed E-state index contributed by atoms with van der Waals surface area (Å²) in [5.41, 5.74) is 0.710. The van der Waals surface area contributed by atoms with E-state index in [0.717, 1.165) is 17.4 Å².